The summed E-state index contributed by atoms with van der Waals surface area (Å²) >= 11 is 0. The van der Waals surface area contributed by atoms with Crippen LogP contribution in [0.1, 0.15) is 6.92 Å². The first kappa shape index (κ1) is 14.2. The van der Waals surface area contributed by atoms with Gasteiger partial charge in [-0.1, -0.05) is 0 Å². The van der Waals surface area contributed by atoms with Crippen molar-refractivity contribution in [3.63, 3.8) is 0 Å². The van der Waals surface area contributed by atoms with Crippen molar-refractivity contribution in [2.75, 3.05) is 44.0 Å². The van der Waals surface area contributed by atoms with Gasteiger partial charge in [0.2, 0.25) is 5.91 Å². The number of rotatable bonds is 8. The second-order valence-corrected chi connectivity index (χ2v) is 3.66. The fourth-order valence-corrected chi connectivity index (χ4v) is 1.36. The van der Waals surface area contributed by atoms with Crippen molar-refractivity contribution in [3.05, 3.63) is 18.3 Å². The van der Waals surface area contributed by atoms with E-state index in [2.05, 4.69) is 20.9 Å². The first-order valence-corrected chi connectivity index (χ1v) is 5.95. The van der Waals surface area contributed by atoms with E-state index in [4.69, 9.17) is 4.74 Å². The summed E-state index contributed by atoms with van der Waals surface area (Å²) < 4.78 is 4.85. The molecular weight excluding hydrogens is 232 g/mol. The molecule has 0 unspecified atom stereocenters. The number of amides is 1. The number of aromatic nitrogens is 1. The Morgan fingerprint density at radius 2 is 2.28 bits per heavy atom. The molecule has 1 rings (SSSR count). The molecule has 0 saturated heterocycles. The van der Waals surface area contributed by atoms with Gasteiger partial charge in [0.15, 0.2) is 0 Å². The molecule has 1 amide bonds. The Hall–Kier alpha value is -1.82. The number of carbonyl (C=O) groups excluding carboxylic acids is 1. The van der Waals surface area contributed by atoms with Crippen molar-refractivity contribution in [2.24, 2.45) is 0 Å². The first-order chi connectivity index (χ1) is 8.76. The monoisotopic (exact) mass is 252 g/mol. The van der Waals surface area contributed by atoms with E-state index in [1.807, 2.05) is 19.1 Å². The van der Waals surface area contributed by atoms with Crippen molar-refractivity contribution in [1.82, 2.24) is 10.3 Å². The predicted molar refractivity (Wildman–Crippen MR) is 71.8 cm³/mol. The average molecular weight is 252 g/mol. The molecule has 1 aromatic rings. The van der Waals surface area contributed by atoms with Gasteiger partial charge in [-0.2, -0.15) is 0 Å². The lowest BCUT2D eigenvalue weighted by atomic mass is 10.3. The lowest BCUT2D eigenvalue weighted by Crippen LogP contribution is -2.32. The van der Waals surface area contributed by atoms with E-state index in [9.17, 15) is 4.79 Å². The lowest BCUT2D eigenvalue weighted by molar-refractivity contribution is -0.119. The van der Waals surface area contributed by atoms with Gasteiger partial charge in [0.05, 0.1) is 13.2 Å². The van der Waals surface area contributed by atoms with E-state index in [0.29, 0.717) is 13.2 Å². The second-order valence-electron chi connectivity index (χ2n) is 3.66. The molecule has 0 aliphatic rings. The van der Waals surface area contributed by atoms with Gasteiger partial charge in [0, 0.05) is 38.1 Å². The van der Waals surface area contributed by atoms with E-state index in [1.54, 1.807) is 13.3 Å². The molecule has 1 heterocycles. The quantitative estimate of drug-likeness (QED) is 0.593. The number of nitrogens with zero attached hydrogens (tertiary/aromatic N) is 1. The molecule has 18 heavy (non-hydrogen) atoms. The molecule has 0 saturated carbocycles. The molecule has 0 fully saturated rings. The van der Waals surface area contributed by atoms with Crippen LogP contribution in [-0.4, -0.2) is 44.2 Å². The maximum Gasteiger partial charge on any atom is 0.239 e. The summed E-state index contributed by atoms with van der Waals surface area (Å²) in [6.45, 7) is 4.10. The largest absolute Gasteiger partial charge is 0.383 e. The highest BCUT2D eigenvalue weighted by atomic mass is 16.5. The minimum Gasteiger partial charge on any atom is -0.383 e. The summed E-state index contributed by atoms with van der Waals surface area (Å²) in [5.41, 5.74) is 0.864. The van der Waals surface area contributed by atoms with Gasteiger partial charge in [0.1, 0.15) is 5.82 Å². The summed E-state index contributed by atoms with van der Waals surface area (Å²) in [5.74, 6) is 0.733. The van der Waals surface area contributed by atoms with E-state index < -0.39 is 0 Å². The van der Waals surface area contributed by atoms with Crippen molar-refractivity contribution in [1.29, 1.82) is 0 Å². The zero-order chi connectivity index (χ0) is 13.2. The third-order valence-electron chi connectivity index (χ3n) is 2.20. The van der Waals surface area contributed by atoms with Crippen LogP contribution in [0.5, 0.6) is 0 Å². The zero-order valence-corrected chi connectivity index (χ0v) is 10.8. The Morgan fingerprint density at radius 1 is 1.44 bits per heavy atom. The van der Waals surface area contributed by atoms with Crippen LogP contribution < -0.4 is 16.0 Å². The van der Waals surface area contributed by atoms with Gasteiger partial charge in [0.25, 0.3) is 0 Å². The minimum absolute atomic E-state index is 0.0612. The number of ether oxygens (including phenoxy) is 1. The third kappa shape index (κ3) is 5.49. The molecule has 0 aromatic carbocycles. The lowest BCUT2D eigenvalue weighted by Gasteiger charge is -2.09. The number of hydrogen-bond acceptors (Lipinski definition) is 5. The van der Waals surface area contributed by atoms with E-state index in [0.717, 1.165) is 18.1 Å². The Balaban J connectivity index is 2.33. The molecule has 6 nitrogen and oxygen atoms in total. The van der Waals surface area contributed by atoms with Crippen molar-refractivity contribution >= 4 is 17.4 Å². The summed E-state index contributed by atoms with van der Waals surface area (Å²) in [4.78, 5) is 15.6. The number of methoxy groups -OCH3 is 1. The van der Waals surface area contributed by atoms with Gasteiger partial charge < -0.3 is 20.7 Å². The van der Waals surface area contributed by atoms with Gasteiger partial charge in [-0.25, -0.2) is 4.98 Å². The van der Waals surface area contributed by atoms with E-state index in [1.165, 1.54) is 0 Å². The number of hydrogen-bond donors (Lipinski definition) is 3. The average Bonchev–Trinajstić information content (AvgIpc) is 2.38. The summed E-state index contributed by atoms with van der Waals surface area (Å²) in [6, 6.07) is 3.69. The van der Waals surface area contributed by atoms with Crippen molar-refractivity contribution in [2.45, 2.75) is 6.92 Å². The van der Waals surface area contributed by atoms with Crippen LogP contribution in [0.2, 0.25) is 0 Å². The van der Waals surface area contributed by atoms with Crippen LogP contribution in [0, 0.1) is 0 Å². The molecule has 3 N–H and O–H groups in total. The van der Waals surface area contributed by atoms with Crippen LogP contribution in [0.15, 0.2) is 18.3 Å². The van der Waals surface area contributed by atoms with Crippen LogP contribution in [0.25, 0.3) is 0 Å². The topological polar surface area (TPSA) is 75.3 Å². The normalized spacial score (nSPS) is 9.89. The highest BCUT2D eigenvalue weighted by molar-refractivity contribution is 5.80. The Labute approximate surface area is 107 Å². The number of anilines is 2. The zero-order valence-electron chi connectivity index (χ0n) is 10.8. The molecule has 0 spiro atoms. The number of pyridine rings is 1. The van der Waals surface area contributed by atoms with Crippen molar-refractivity contribution in [3.8, 4) is 0 Å². The van der Waals surface area contributed by atoms with Crippen LogP contribution in [-0.2, 0) is 9.53 Å². The van der Waals surface area contributed by atoms with Gasteiger partial charge in [-0.15, -0.1) is 0 Å². The molecular formula is C12H20N4O2. The van der Waals surface area contributed by atoms with Gasteiger partial charge >= 0.3 is 0 Å². The summed E-state index contributed by atoms with van der Waals surface area (Å²) in [6.07, 6.45) is 1.70. The maximum atomic E-state index is 11.4. The number of carbonyl (C=O) groups is 1. The number of nitrogens with one attached hydrogen (secondary N) is 3. The standard InChI is InChI=1S/C12H20N4O2/c1-3-13-11-8-10(4-5-14-11)16-9-12(17)15-6-7-18-2/h4-5,8H,3,6-7,9H2,1-2H3,(H,15,17)(H2,13,14,16). The molecule has 100 valence electrons. The van der Waals surface area contributed by atoms with Gasteiger partial charge in [-0.3, -0.25) is 4.79 Å². The molecule has 0 radical (unpaired) electrons. The summed E-state index contributed by atoms with van der Waals surface area (Å²) in [5, 5.41) is 8.88. The van der Waals surface area contributed by atoms with E-state index >= 15 is 0 Å². The molecule has 0 aliphatic carbocycles. The fourth-order valence-electron chi connectivity index (χ4n) is 1.36. The van der Waals surface area contributed by atoms with Crippen LogP contribution in [0.4, 0.5) is 11.5 Å². The highest BCUT2D eigenvalue weighted by Crippen LogP contribution is 2.10. The van der Waals surface area contributed by atoms with E-state index in [-0.39, 0.29) is 12.5 Å². The van der Waals surface area contributed by atoms with Crippen LogP contribution >= 0.6 is 0 Å². The maximum absolute atomic E-state index is 11.4. The predicted octanol–water partition coefficient (Wildman–Crippen LogP) is 0.688. The first-order valence-electron chi connectivity index (χ1n) is 5.95. The fraction of sp³-hybridized carbons (Fsp3) is 0.500. The van der Waals surface area contributed by atoms with Crippen molar-refractivity contribution < 1.29 is 9.53 Å². The SMILES string of the molecule is CCNc1cc(NCC(=O)NCCOC)ccn1. The van der Waals surface area contributed by atoms with Crippen LogP contribution in [0.3, 0.4) is 0 Å². The molecule has 1 aromatic heterocycles. The minimum atomic E-state index is -0.0612. The second kappa shape index (κ2) is 8.30. The van der Waals surface area contributed by atoms with Gasteiger partial charge in [-0.05, 0) is 13.0 Å². The molecule has 0 bridgehead atoms. The molecule has 6 heteroatoms. The Morgan fingerprint density at radius 3 is 3.00 bits per heavy atom. The Kier molecular flexibility index (Phi) is 6.56. The smallest absolute Gasteiger partial charge is 0.239 e. The highest BCUT2D eigenvalue weighted by Gasteiger charge is 2.01. The Bertz CT molecular complexity index is 371. The summed E-state index contributed by atoms with van der Waals surface area (Å²) in [7, 11) is 1.60. The molecule has 0 aliphatic heterocycles. The third-order valence-corrected chi connectivity index (χ3v) is 2.20. The molecule has 0 atom stereocenters.